The zero-order chi connectivity index (χ0) is 7.82. The summed E-state index contributed by atoms with van der Waals surface area (Å²) in [6.45, 7) is 0. The quantitative estimate of drug-likeness (QED) is 0.527. The fraction of sp³-hybridized carbons (Fsp3) is 0.250. The number of rotatable bonds is 0. The van der Waals surface area contributed by atoms with Crippen LogP contribution in [0.15, 0.2) is 30.3 Å². The van der Waals surface area contributed by atoms with Crippen molar-refractivity contribution in [3.8, 4) is 0 Å². The lowest BCUT2D eigenvalue weighted by Crippen LogP contribution is -1.89. The van der Waals surface area contributed by atoms with Crippen molar-refractivity contribution in [1.29, 1.82) is 0 Å². The summed E-state index contributed by atoms with van der Waals surface area (Å²) in [7, 11) is 3.75. The van der Waals surface area contributed by atoms with Crippen molar-refractivity contribution >= 4 is 5.69 Å². The zero-order valence-corrected chi connectivity index (χ0v) is 6.46. The van der Waals surface area contributed by atoms with Crippen molar-refractivity contribution in [3.63, 3.8) is 0 Å². The summed E-state index contributed by atoms with van der Waals surface area (Å²) in [6, 6.07) is 9.49. The van der Waals surface area contributed by atoms with Gasteiger partial charge in [-0.2, -0.15) is 0 Å². The highest BCUT2D eigenvalue weighted by Crippen LogP contribution is 1.95. The standard InChI is InChI=1S/C6H7N.C2H7N/c7-6-4-2-1-3-5-6;1-3-2/h1-5H,7H2;3H,1-2H3. The van der Waals surface area contributed by atoms with Crippen molar-refractivity contribution in [2.24, 2.45) is 0 Å². The third-order valence-electron chi connectivity index (χ3n) is 0.800. The average Bonchev–Trinajstić information content (AvgIpc) is 1.91. The molecule has 1 rings (SSSR count). The van der Waals surface area contributed by atoms with Crippen LogP contribution in [0.1, 0.15) is 0 Å². The van der Waals surface area contributed by atoms with E-state index in [1.807, 2.05) is 44.4 Å². The van der Waals surface area contributed by atoms with Crippen LogP contribution < -0.4 is 11.1 Å². The molecule has 0 spiro atoms. The molecule has 0 unspecified atom stereocenters. The molecule has 56 valence electrons. The molecule has 0 heterocycles. The van der Waals surface area contributed by atoms with Gasteiger partial charge in [-0.1, -0.05) is 18.2 Å². The molecule has 0 radical (unpaired) electrons. The van der Waals surface area contributed by atoms with Gasteiger partial charge in [0, 0.05) is 5.69 Å². The Morgan fingerprint density at radius 1 is 1.10 bits per heavy atom. The van der Waals surface area contributed by atoms with Gasteiger partial charge in [0.15, 0.2) is 0 Å². The Hall–Kier alpha value is -1.02. The fourth-order valence-electron chi connectivity index (χ4n) is 0.453. The van der Waals surface area contributed by atoms with Crippen LogP contribution in [0.25, 0.3) is 0 Å². The molecule has 0 aromatic heterocycles. The Morgan fingerprint density at radius 3 is 1.70 bits per heavy atom. The maximum absolute atomic E-state index is 5.36. The lowest BCUT2D eigenvalue weighted by atomic mass is 10.3. The van der Waals surface area contributed by atoms with Gasteiger partial charge >= 0.3 is 0 Å². The molecule has 2 heteroatoms. The SMILES string of the molecule is CNC.Nc1ccccc1. The van der Waals surface area contributed by atoms with Gasteiger partial charge in [0.25, 0.3) is 0 Å². The molecule has 0 atom stereocenters. The first-order chi connectivity index (χ1) is 4.81. The van der Waals surface area contributed by atoms with E-state index in [0.717, 1.165) is 5.69 Å². The number of nitrogen functional groups attached to an aromatic ring is 1. The smallest absolute Gasteiger partial charge is 0.0313 e. The van der Waals surface area contributed by atoms with Crippen LogP contribution in [-0.2, 0) is 0 Å². The molecule has 3 N–H and O–H groups in total. The monoisotopic (exact) mass is 138 g/mol. The van der Waals surface area contributed by atoms with Crippen molar-refractivity contribution < 1.29 is 0 Å². The summed E-state index contributed by atoms with van der Waals surface area (Å²) >= 11 is 0. The highest BCUT2D eigenvalue weighted by molar-refractivity contribution is 5.35. The van der Waals surface area contributed by atoms with Crippen molar-refractivity contribution in [3.05, 3.63) is 30.3 Å². The first kappa shape index (κ1) is 8.98. The first-order valence-electron chi connectivity index (χ1n) is 3.20. The molecule has 2 nitrogen and oxygen atoms in total. The van der Waals surface area contributed by atoms with E-state index in [-0.39, 0.29) is 0 Å². The number of nitrogens with one attached hydrogen (secondary N) is 1. The van der Waals surface area contributed by atoms with E-state index in [4.69, 9.17) is 5.73 Å². The molecule has 0 saturated heterocycles. The predicted molar refractivity (Wildman–Crippen MR) is 45.8 cm³/mol. The largest absolute Gasteiger partial charge is 0.399 e. The summed E-state index contributed by atoms with van der Waals surface area (Å²) < 4.78 is 0. The molecule has 0 aliphatic rings. The Balaban J connectivity index is 0.000000236. The Labute approximate surface area is 62.1 Å². The lowest BCUT2D eigenvalue weighted by Gasteiger charge is -1.83. The Kier molecular flexibility index (Phi) is 5.48. The highest BCUT2D eigenvalue weighted by atomic mass is 14.7. The van der Waals surface area contributed by atoms with E-state index in [1.54, 1.807) is 0 Å². The van der Waals surface area contributed by atoms with E-state index < -0.39 is 0 Å². The van der Waals surface area contributed by atoms with Crippen LogP contribution >= 0.6 is 0 Å². The van der Waals surface area contributed by atoms with Crippen LogP contribution in [0, 0.1) is 0 Å². The zero-order valence-electron chi connectivity index (χ0n) is 6.46. The van der Waals surface area contributed by atoms with Crippen LogP contribution in [0.4, 0.5) is 5.69 Å². The van der Waals surface area contributed by atoms with Crippen molar-refractivity contribution in [2.45, 2.75) is 0 Å². The van der Waals surface area contributed by atoms with Crippen molar-refractivity contribution in [1.82, 2.24) is 5.32 Å². The third-order valence-corrected chi connectivity index (χ3v) is 0.800. The fourth-order valence-corrected chi connectivity index (χ4v) is 0.453. The number of nitrogens with two attached hydrogens (primary N) is 1. The maximum atomic E-state index is 5.36. The molecule has 1 aromatic carbocycles. The van der Waals surface area contributed by atoms with Crippen LogP contribution in [0.5, 0.6) is 0 Å². The molecule has 0 fully saturated rings. The second-order valence-electron chi connectivity index (χ2n) is 1.91. The number of hydrogen-bond acceptors (Lipinski definition) is 2. The van der Waals surface area contributed by atoms with Gasteiger partial charge in [-0.15, -0.1) is 0 Å². The van der Waals surface area contributed by atoms with E-state index >= 15 is 0 Å². The normalized spacial score (nSPS) is 7.80. The van der Waals surface area contributed by atoms with Crippen molar-refractivity contribution in [2.75, 3.05) is 19.8 Å². The summed E-state index contributed by atoms with van der Waals surface area (Å²) in [5, 5.41) is 2.75. The van der Waals surface area contributed by atoms with Crippen LogP contribution in [-0.4, -0.2) is 14.1 Å². The number of anilines is 1. The molecule has 0 aliphatic heterocycles. The molecular weight excluding hydrogens is 124 g/mol. The van der Waals surface area contributed by atoms with E-state index in [9.17, 15) is 0 Å². The molecule has 10 heavy (non-hydrogen) atoms. The van der Waals surface area contributed by atoms with Gasteiger partial charge in [0.05, 0.1) is 0 Å². The van der Waals surface area contributed by atoms with Crippen LogP contribution in [0.3, 0.4) is 0 Å². The topological polar surface area (TPSA) is 38.0 Å². The summed E-state index contributed by atoms with van der Waals surface area (Å²) in [4.78, 5) is 0. The van der Waals surface area contributed by atoms with Gasteiger partial charge in [-0.05, 0) is 26.2 Å². The van der Waals surface area contributed by atoms with Gasteiger partial charge < -0.3 is 11.1 Å². The number of hydrogen-bond donors (Lipinski definition) is 2. The summed E-state index contributed by atoms with van der Waals surface area (Å²) in [6.07, 6.45) is 0. The van der Waals surface area contributed by atoms with Gasteiger partial charge in [-0.25, -0.2) is 0 Å². The Bertz CT molecular complexity index is 149. The predicted octanol–water partition coefficient (Wildman–Crippen LogP) is 1.10. The second-order valence-corrected chi connectivity index (χ2v) is 1.91. The summed E-state index contributed by atoms with van der Waals surface area (Å²) in [5.41, 5.74) is 6.18. The minimum Gasteiger partial charge on any atom is -0.399 e. The molecular formula is C8H14N2. The minimum atomic E-state index is 0.822. The van der Waals surface area contributed by atoms with Gasteiger partial charge in [0.1, 0.15) is 0 Å². The lowest BCUT2D eigenvalue weighted by molar-refractivity contribution is 1.02. The molecule has 0 aliphatic carbocycles. The van der Waals surface area contributed by atoms with Crippen LogP contribution in [0.2, 0.25) is 0 Å². The second kappa shape index (κ2) is 6.11. The van der Waals surface area contributed by atoms with Gasteiger partial charge in [0.2, 0.25) is 0 Å². The first-order valence-corrected chi connectivity index (χ1v) is 3.20. The summed E-state index contributed by atoms with van der Waals surface area (Å²) in [5.74, 6) is 0. The maximum Gasteiger partial charge on any atom is 0.0313 e. The number of para-hydroxylation sites is 1. The third kappa shape index (κ3) is 5.12. The average molecular weight is 138 g/mol. The molecule has 0 amide bonds. The van der Waals surface area contributed by atoms with E-state index in [1.165, 1.54) is 0 Å². The molecule has 0 bridgehead atoms. The van der Waals surface area contributed by atoms with E-state index in [0.29, 0.717) is 0 Å². The molecule has 1 aromatic rings. The van der Waals surface area contributed by atoms with E-state index in [2.05, 4.69) is 5.32 Å². The van der Waals surface area contributed by atoms with Gasteiger partial charge in [-0.3, -0.25) is 0 Å². The number of benzene rings is 1. The Morgan fingerprint density at radius 2 is 1.50 bits per heavy atom. The highest BCUT2D eigenvalue weighted by Gasteiger charge is 1.72. The molecule has 0 saturated carbocycles. The minimum absolute atomic E-state index is 0.822.